The Morgan fingerprint density at radius 1 is 1.17 bits per heavy atom. The van der Waals surface area contributed by atoms with Crippen LogP contribution in [0.2, 0.25) is 0 Å². The fourth-order valence-corrected chi connectivity index (χ4v) is 3.47. The third-order valence-corrected chi connectivity index (χ3v) is 5.00. The summed E-state index contributed by atoms with van der Waals surface area (Å²) in [6.45, 7) is 8.42. The number of nitrogens with zero attached hydrogens (tertiary/aromatic N) is 3. The van der Waals surface area contributed by atoms with Gasteiger partial charge in [-0.05, 0) is 49.6 Å². The van der Waals surface area contributed by atoms with E-state index in [1.165, 1.54) is 6.08 Å². The van der Waals surface area contributed by atoms with Crippen LogP contribution >= 0.6 is 0 Å². The Kier molecular flexibility index (Phi) is 5.88. The summed E-state index contributed by atoms with van der Waals surface area (Å²) in [5, 5.41) is 9.43. The van der Waals surface area contributed by atoms with Crippen LogP contribution in [-0.4, -0.2) is 34.0 Å². The van der Waals surface area contributed by atoms with Crippen molar-refractivity contribution >= 4 is 23.9 Å². The Hall–Kier alpha value is -3.66. The summed E-state index contributed by atoms with van der Waals surface area (Å²) in [6.07, 6.45) is 1.48. The molecule has 0 unspecified atom stereocenters. The Bertz CT molecular complexity index is 1070. The lowest BCUT2D eigenvalue weighted by atomic mass is 10.1. The van der Waals surface area contributed by atoms with Crippen LogP contribution < -0.4 is 0 Å². The molecule has 0 saturated heterocycles. The molecule has 2 heterocycles. The third kappa shape index (κ3) is 3.90. The van der Waals surface area contributed by atoms with Crippen molar-refractivity contribution < 1.29 is 19.1 Å². The van der Waals surface area contributed by atoms with E-state index in [1.54, 1.807) is 24.3 Å². The standard InChI is InChI=1S/C23H23N3O4/c1-14(2)12-25-15(3)9-17(16(25)4)10-18(11-24)23(29)30-13-26-21(27)19-7-5-6-8-20(19)22(26)28/h5-10,14H,12-13H2,1-4H3/b18-10+. The summed E-state index contributed by atoms with van der Waals surface area (Å²) in [6, 6.07) is 10.2. The van der Waals surface area contributed by atoms with Crippen LogP contribution in [0.1, 0.15) is 51.5 Å². The summed E-state index contributed by atoms with van der Waals surface area (Å²) in [5.74, 6) is -1.49. The molecule has 1 aromatic heterocycles. The summed E-state index contributed by atoms with van der Waals surface area (Å²) in [4.78, 5) is 38.0. The second kappa shape index (κ2) is 8.37. The van der Waals surface area contributed by atoms with Gasteiger partial charge >= 0.3 is 5.97 Å². The van der Waals surface area contributed by atoms with Crippen molar-refractivity contribution in [2.75, 3.05) is 6.73 Å². The molecule has 0 N–H and O–H groups in total. The minimum Gasteiger partial charge on any atom is -0.440 e. The van der Waals surface area contributed by atoms with E-state index >= 15 is 0 Å². The van der Waals surface area contributed by atoms with Gasteiger partial charge in [0.15, 0.2) is 6.73 Å². The molecule has 0 fully saturated rings. The van der Waals surface area contributed by atoms with E-state index in [0.29, 0.717) is 5.92 Å². The van der Waals surface area contributed by atoms with Crippen LogP contribution in [-0.2, 0) is 16.1 Å². The summed E-state index contributed by atoms with van der Waals surface area (Å²) < 4.78 is 7.25. The van der Waals surface area contributed by atoms with Gasteiger partial charge in [-0.15, -0.1) is 0 Å². The minimum absolute atomic E-state index is 0.198. The van der Waals surface area contributed by atoms with Gasteiger partial charge in [0.2, 0.25) is 0 Å². The Balaban J connectivity index is 1.75. The molecule has 0 atom stereocenters. The lowest BCUT2D eigenvalue weighted by molar-refractivity contribution is -0.141. The van der Waals surface area contributed by atoms with Gasteiger partial charge in [0, 0.05) is 17.9 Å². The van der Waals surface area contributed by atoms with Crippen molar-refractivity contribution in [1.29, 1.82) is 5.26 Å². The highest BCUT2D eigenvalue weighted by Crippen LogP contribution is 2.23. The predicted molar refractivity (Wildman–Crippen MR) is 110 cm³/mol. The van der Waals surface area contributed by atoms with Crippen molar-refractivity contribution in [3.8, 4) is 6.07 Å². The molecule has 2 aromatic rings. The normalized spacial score (nSPS) is 13.6. The number of ether oxygens (including phenoxy) is 1. The molecule has 7 nitrogen and oxygen atoms in total. The number of rotatable bonds is 6. The molecule has 3 rings (SSSR count). The summed E-state index contributed by atoms with van der Waals surface area (Å²) in [5.41, 5.74) is 3.07. The smallest absolute Gasteiger partial charge is 0.350 e. The van der Waals surface area contributed by atoms with Crippen molar-refractivity contribution in [3.63, 3.8) is 0 Å². The fraction of sp³-hybridized carbons (Fsp3) is 0.304. The first kappa shape index (κ1) is 21.1. The largest absolute Gasteiger partial charge is 0.440 e. The predicted octanol–water partition coefficient (Wildman–Crippen LogP) is 3.46. The van der Waals surface area contributed by atoms with E-state index in [2.05, 4.69) is 18.4 Å². The maximum atomic E-state index is 12.4. The van der Waals surface area contributed by atoms with Crippen LogP contribution in [0.5, 0.6) is 0 Å². The number of aryl methyl sites for hydroxylation is 1. The molecule has 30 heavy (non-hydrogen) atoms. The van der Waals surface area contributed by atoms with Gasteiger partial charge in [0.05, 0.1) is 11.1 Å². The molecule has 2 amide bonds. The number of carbonyl (C=O) groups excluding carboxylic acids is 3. The maximum Gasteiger partial charge on any atom is 0.350 e. The highest BCUT2D eigenvalue weighted by atomic mass is 16.5. The molecule has 0 bridgehead atoms. The van der Waals surface area contributed by atoms with E-state index in [9.17, 15) is 19.6 Å². The fourth-order valence-electron chi connectivity index (χ4n) is 3.47. The second-order valence-corrected chi connectivity index (χ2v) is 7.65. The average Bonchev–Trinajstić information content (AvgIpc) is 3.12. The first-order valence-corrected chi connectivity index (χ1v) is 9.65. The van der Waals surface area contributed by atoms with Gasteiger partial charge in [0.25, 0.3) is 11.8 Å². The van der Waals surface area contributed by atoms with Crippen molar-refractivity contribution in [3.05, 3.63) is 64.0 Å². The minimum atomic E-state index is -0.886. The number of nitriles is 1. The average molecular weight is 405 g/mol. The number of imide groups is 1. The van der Waals surface area contributed by atoms with Gasteiger partial charge in [-0.1, -0.05) is 26.0 Å². The molecular formula is C23H23N3O4. The first-order chi connectivity index (χ1) is 14.2. The van der Waals surface area contributed by atoms with Crippen LogP contribution in [0.4, 0.5) is 0 Å². The van der Waals surface area contributed by atoms with E-state index in [-0.39, 0.29) is 16.7 Å². The van der Waals surface area contributed by atoms with E-state index in [1.807, 2.05) is 26.0 Å². The monoisotopic (exact) mass is 405 g/mol. The van der Waals surface area contributed by atoms with E-state index < -0.39 is 24.5 Å². The Labute approximate surface area is 175 Å². The number of hydrogen-bond acceptors (Lipinski definition) is 5. The number of aromatic nitrogens is 1. The number of carbonyl (C=O) groups is 3. The van der Waals surface area contributed by atoms with Gasteiger partial charge in [-0.2, -0.15) is 5.26 Å². The molecule has 0 radical (unpaired) electrons. The SMILES string of the molecule is Cc1cc(/C=C(\C#N)C(=O)OCN2C(=O)c3ccccc3C2=O)c(C)n1CC(C)C. The lowest BCUT2D eigenvalue weighted by Crippen LogP contribution is -2.33. The number of hydrogen-bond donors (Lipinski definition) is 0. The number of esters is 1. The molecule has 0 spiro atoms. The second-order valence-electron chi connectivity index (χ2n) is 7.65. The number of fused-ring (bicyclic) bond motifs is 1. The quantitative estimate of drug-likeness (QED) is 0.318. The topological polar surface area (TPSA) is 92.4 Å². The van der Waals surface area contributed by atoms with E-state index in [0.717, 1.165) is 28.4 Å². The Morgan fingerprint density at radius 2 is 1.77 bits per heavy atom. The van der Waals surface area contributed by atoms with E-state index in [4.69, 9.17) is 4.74 Å². The van der Waals surface area contributed by atoms with Crippen LogP contribution in [0, 0.1) is 31.1 Å². The zero-order valence-corrected chi connectivity index (χ0v) is 17.4. The highest BCUT2D eigenvalue weighted by molar-refractivity contribution is 6.21. The Morgan fingerprint density at radius 3 is 2.30 bits per heavy atom. The zero-order chi connectivity index (χ0) is 22.0. The van der Waals surface area contributed by atoms with Gasteiger partial charge < -0.3 is 9.30 Å². The van der Waals surface area contributed by atoms with Crippen molar-refractivity contribution in [1.82, 2.24) is 9.47 Å². The molecule has 0 aliphatic carbocycles. The first-order valence-electron chi connectivity index (χ1n) is 9.65. The molecule has 1 aliphatic heterocycles. The van der Waals surface area contributed by atoms with Crippen molar-refractivity contribution in [2.24, 2.45) is 5.92 Å². The van der Waals surface area contributed by atoms with Crippen LogP contribution in [0.15, 0.2) is 35.9 Å². The molecule has 1 aromatic carbocycles. The maximum absolute atomic E-state index is 12.4. The number of benzene rings is 1. The zero-order valence-electron chi connectivity index (χ0n) is 17.4. The van der Waals surface area contributed by atoms with Crippen LogP contribution in [0.25, 0.3) is 6.08 Å². The molecule has 0 saturated carbocycles. The van der Waals surface area contributed by atoms with Crippen molar-refractivity contribution in [2.45, 2.75) is 34.2 Å². The highest BCUT2D eigenvalue weighted by Gasteiger charge is 2.36. The number of amides is 2. The van der Waals surface area contributed by atoms with Gasteiger partial charge in [-0.3, -0.25) is 9.59 Å². The van der Waals surface area contributed by atoms with Gasteiger partial charge in [0.1, 0.15) is 11.6 Å². The molecule has 1 aliphatic rings. The summed E-state index contributed by atoms with van der Waals surface area (Å²) >= 11 is 0. The molecule has 154 valence electrons. The summed E-state index contributed by atoms with van der Waals surface area (Å²) in [7, 11) is 0. The van der Waals surface area contributed by atoms with Gasteiger partial charge in [-0.25, -0.2) is 9.69 Å². The lowest BCUT2D eigenvalue weighted by Gasteiger charge is -2.13. The molecular weight excluding hydrogens is 382 g/mol. The molecule has 7 heteroatoms. The third-order valence-electron chi connectivity index (χ3n) is 5.00. The van der Waals surface area contributed by atoms with Crippen LogP contribution in [0.3, 0.4) is 0 Å².